The lowest BCUT2D eigenvalue weighted by Crippen LogP contribution is -2.44. The second kappa shape index (κ2) is 10.9. The predicted octanol–water partition coefficient (Wildman–Crippen LogP) is 1.88. The van der Waals surface area contributed by atoms with Crippen LogP contribution in [0.15, 0.2) is 28.2 Å². The minimum Gasteiger partial charge on any atom is -0.493 e. The van der Waals surface area contributed by atoms with Gasteiger partial charge in [0, 0.05) is 18.7 Å². The average molecular weight is 460 g/mol. The van der Waals surface area contributed by atoms with Gasteiger partial charge in [0.25, 0.3) is 11.8 Å². The van der Waals surface area contributed by atoms with Crippen molar-refractivity contribution in [3.05, 3.63) is 23.8 Å². The lowest BCUT2D eigenvalue weighted by molar-refractivity contribution is -0.128. The maximum atomic E-state index is 12.5. The summed E-state index contributed by atoms with van der Waals surface area (Å²) < 4.78 is 10.3. The van der Waals surface area contributed by atoms with Crippen molar-refractivity contribution in [1.82, 2.24) is 10.2 Å². The standard InChI is InChI=1S/C21H25N5O5S/c1-30-14-8-7-13(11-15(14)31-2)19(28)23-17-18(22)24-21(25-20(17)29)32-12-16(27)26-9-5-3-4-6-10-26/h7-8,11H,3-6,9-10,12H2,1-2H3,(H2,22,24,25,29). The molecular weight excluding hydrogens is 434 g/mol. The molecule has 3 amide bonds. The molecule has 1 aromatic rings. The van der Waals surface area contributed by atoms with Gasteiger partial charge in [-0.1, -0.05) is 24.6 Å². The molecule has 0 aliphatic carbocycles. The number of aliphatic imine (C=N–C) groups is 2. The summed E-state index contributed by atoms with van der Waals surface area (Å²) in [5.74, 6) is -1.00. The number of hydrogen-bond acceptors (Lipinski definition) is 7. The molecule has 0 atom stereocenters. The van der Waals surface area contributed by atoms with E-state index < -0.39 is 23.4 Å². The van der Waals surface area contributed by atoms with Crippen molar-refractivity contribution < 1.29 is 23.9 Å². The zero-order valence-corrected chi connectivity index (χ0v) is 18.8. The summed E-state index contributed by atoms with van der Waals surface area (Å²) >= 11 is 1.06. The Balaban J connectivity index is 1.66. The van der Waals surface area contributed by atoms with Crippen LogP contribution in [0.4, 0.5) is 0 Å². The molecule has 0 bridgehead atoms. The lowest BCUT2D eigenvalue weighted by atomic mass is 10.2. The summed E-state index contributed by atoms with van der Waals surface area (Å²) in [5, 5.41) is 10.7. The van der Waals surface area contributed by atoms with Crippen molar-refractivity contribution in [3.8, 4) is 11.5 Å². The number of hydrogen-bond donors (Lipinski definition) is 2. The Hall–Kier alpha value is -3.21. The number of benzene rings is 1. The first-order valence-electron chi connectivity index (χ1n) is 10.2. The zero-order valence-electron chi connectivity index (χ0n) is 18.0. The third kappa shape index (κ3) is 5.72. The van der Waals surface area contributed by atoms with Crippen molar-refractivity contribution in [2.75, 3.05) is 33.1 Å². The Labute approximate surface area is 190 Å². The first kappa shape index (κ1) is 23.5. The highest BCUT2D eigenvalue weighted by atomic mass is 32.2. The van der Waals surface area contributed by atoms with Crippen molar-refractivity contribution in [2.24, 2.45) is 9.98 Å². The second-order valence-corrected chi connectivity index (χ2v) is 8.10. The number of carbonyl (C=O) groups is 3. The molecule has 11 heteroatoms. The van der Waals surface area contributed by atoms with Crippen LogP contribution in [0.2, 0.25) is 0 Å². The van der Waals surface area contributed by atoms with Gasteiger partial charge >= 0.3 is 0 Å². The quantitative estimate of drug-likeness (QED) is 0.691. The van der Waals surface area contributed by atoms with E-state index in [0.29, 0.717) is 11.5 Å². The van der Waals surface area contributed by atoms with Gasteiger partial charge in [-0.25, -0.2) is 4.99 Å². The molecule has 2 aliphatic heterocycles. The third-order valence-electron chi connectivity index (χ3n) is 5.01. The van der Waals surface area contributed by atoms with Crippen LogP contribution in [-0.4, -0.2) is 72.4 Å². The Morgan fingerprint density at radius 1 is 1.16 bits per heavy atom. The molecule has 0 spiro atoms. The highest BCUT2D eigenvalue weighted by Crippen LogP contribution is 2.27. The van der Waals surface area contributed by atoms with E-state index in [4.69, 9.17) is 14.9 Å². The van der Waals surface area contributed by atoms with E-state index in [-0.39, 0.29) is 22.4 Å². The zero-order chi connectivity index (χ0) is 23.1. The summed E-state index contributed by atoms with van der Waals surface area (Å²) in [6, 6.07) is 4.47. The Morgan fingerprint density at radius 3 is 2.47 bits per heavy atom. The van der Waals surface area contributed by atoms with Crippen molar-refractivity contribution in [1.29, 1.82) is 5.41 Å². The normalized spacial score (nSPS) is 18.0. The predicted molar refractivity (Wildman–Crippen MR) is 122 cm³/mol. The number of nitrogens with one attached hydrogen (secondary N) is 2. The SMILES string of the molecule is COc1ccc(C(=O)N=C2C(=N)N=C(SCC(=O)N3CCCCCC3)NC2=O)cc1OC. The smallest absolute Gasteiger partial charge is 0.279 e. The number of methoxy groups -OCH3 is 2. The molecule has 3 rings (SSSR count). The molecule has 1 saturated heterocycles. The Morgan fingerprint density at radius 2 is 1.84 bits per heavy atom. The molecule has 10 nitrogen and oxygen atoms in total. The van der Waals surface area contributed by atoms with E-state index >= 15 is 0 Å². The molecule has 170 valence electrons. The van der Waals surface area contributed by atoms with Crippen LogP contribution in [0.3, 0.4) is 0 Å². The van der Waals surface area contributed by atoms with Gasteiger partial charge in [-0.3, -0.25) is 25.1 Å². The molecule has 2 heterocycles. The van der Waals surface area contributed by atoms with Gasteiger partial charge in [-0.2, -0.15) is 4.99 Å². The summed E-state index contributed by atoms with van der Waals surface area (Å²) in [4.78, 5) is 46.9. The maximum Gasteiger partial charge on any atom is 0.279 e. The van der Waals surface area contributed by atoms with E-state index in [9.17, 15) is 14.4 Å². The van der Waals surface area contributed by atoms with Crippen LogP contribution in [0, 0.1) is 5.41 Å². The molecule has 0 aromatic heterocycles. The van der Waals surface area contributed by atoms with E-state index in [1.54, 1.807) is 6.07 Å². The fourth-order valence-corrected chi connectivity index (χ4v) is 4.06. The van der Waals surface area contributed by atoms with Crippen molar-refractivity contribution >= 4 is 46.2 Å². The minimum absolute atomic E-state index is 0.0246. The molecule has 32 heavy (non-hydrogen) atoms. The van der Waals surface area contributed by atoms with Gasteiger partial charge in [-0.15, -0.1) is 0 Å². The van der Waals surface area contributed by atoms with E-state index in [1.807, 2.05) is 4.90 Å². The van der Waals surface area contributed by atoms with E-state index in [2.05, 4.69) is 15.3 Å². The average Bonchev–Trinajstić information content (AvgIpc) is 3.09. The van der Waals surface area contributed by atoms with Crippen LogP contribution in [0.5, 0.6) is 11.5 Å². The lowest BCUT2D eigenvalue weighted by Gasteiger charge is -2.20. The molecule has 0 saturated carbocycles. The van der Waals surface area contributed by atoms with Crippen molar-refractivity contribution in [3.63, 3.8) is 0 Å². The van der Waals surface area contributed by atoms with Crippen LogP contribution >= 0.6 is 11.8 Å². The maximum absolute atomic E-state index is 12.5. The molecule has 1 fully saturated rings. The van der Waals surface area contributed by atoms with Gasteiger partial charge in [0.15, 0.2) is 28.2 Å². The van der Waals surface area contributed by atoms with Crippen molar-refractivity contribution in [2.45, 2.75) is 25.7 Å². The number of ether oxygens (including phenoxy) is 2. The Kier molecular flexibility index (Phi) is 7.98. The summed E-state index contributed by atoms with van der Waals surface area (Å²) in [6.45, 7) is 1.48. The van der Waals surface area contributed by atoms with Gasteiger partial charge in [-0.05, 0) is 31.0 Å². The van der Waals surface area contributed by atoms with Crippen LogP contribution in [0.1, 0.15) is 36.0 Å². The number of thioether (sulfide) groups is 1. The molecule has 2 aliphatic rings. The molecule has 0 unspecified atom stereocenters. The second-order valence-electron chi connectivity index (χ2n) is 7.14. The van der Waals surface area contributed by atoms with Gasteiger partial charge in [0.05, 0.1) is 20.0 Å². The largest absolute Gasteiger partial charge is 0.493 e. The fourth-order valence-electron chi connectivity index (χ4n) is 3.30. The highest BCUT2D eigenvalue weighted by Gasteiger charge is 2.27. The highest BCUT2D eigenvalue weighted by molar-refractivity contribution is 8.14. The van der Waals surface area contributed by atoms with Crippen LogP contribution in [-0.2, 0) is 9.59 Å². The number of carbonyl (C=O) groups excluding carboxylic acids is 3. The van der Waals surface area contributed by atoms with E-state index in [0.717, 1.165) is 50.5 Å². The number of amidine groups is 2. The molecular formula is C21H25N5O5S. The number of amides is 3. The Bertz CT molecular complexity index is 983. The molecule has 2 N–H and O–H groups in total. The number of likely N-dealkylation sites (tertiary alicyclic amines) is 1. The van der Waals surface area contributed by atoms with Gasteiger partial charge < -0.3 is 14.4 Å². The minimum atomic E-state index is -0.719. The summed E-state index contributed by atoms with van der Waals surface area (Å²) in [7, 11) is 2.91. The number of nitrogens with zero attached hydrogens (tertiary/aromatic N) is 3. The van der Waals surface area contributed by atoms with Crippen LogP contribution in [0.25, 0.3) is 0 Å². The first-order valence-corrected chi connectivity index (χ1v) is 11.2. The third-order valence-corrected chi connectivity index (χ3v) is 5.87. The topological polar surface area (TPSA) is 134 Å². The first-order chi connectivity index (χ1) is 15.4. The monoisotopic (exact) mass is 459 g/mol. The summed E-state index contributed by atoms with van der Waals surface area (Å²) in [6.07, 6.45) is 4.24. The molecule has 0 radical (unpaired) electrons. The molecule has 1 aromatic carbocycles. The van der Waals surface area contributed by atoms with Crippen LogP contribution < -0.4 is 14.8 Å². The fraction of sp³-hybridized carbons (Fsp3) is 0.429. The number of rotatable bonds is 5. The van der Waals surface area contributed by atoms with Gasteiger partial charge in [0.2, 0.25) is 5.91 Å². The summed E-state index contributed by atoms with van der Waals surface area (Å²) in [5.41, 5.74) is -0.226. The van der Waals surface area contributed by atoms with E-state index in [1.165, 1.54) is 26.4 Å². The van der Waals surface area contributed by atoms with Gasteiger partial charge in [0.1, 0.15) is 0 Å².